The van der Waals surface area contributed by atoms with Gasteiger partial charge in [0.25, 0.3) is 0 Å². The molecule has 0 fully saturated rings. The third kappa shape index (κ3) is 3.54. The van der Waals surface area contributed by atoms with Gasteiger partial charge in [0, 0.05) is 11.1 Å². The number of thiazole rings is 1. The summed E-state index contributed by atoms with van der Waals surface area (Å²) in [6, 6.07) is 7.85. The molecule has 0 saturated carbocycles. The van der Waals surface area contributed by atoms with E-state index in [4.69, 9.17) is 5.73 Å². The molecule has 0 saturated heterocycles. The van der Waals surface area contributed by atoms with Gasteiger partial charge in [0.1, 0.15) is 0 Å². The van der Waals surface area contributed by atoms with Gasteiger partial charge in [-0.2, -0.15) is 0 Å². The van der Waals surface area contributed by atoms with Crippen molar-refractivity contribution in [1.29, 1.82) is 0 Å². The average Bonchev–Trinajstić information content (AvgIpc) is 2.75. The monoisotopic (exact) mass is 275 g/mol. The number of hydrogen-bond donors (Lipinski definition) is 2. The van der Waals surface area contributed by atoms with E-state index in [9.17, 15) is 4.79 Å². The SMILES string of the molecule is CC(C)c1ccccc1NC(=O)Cc1csc(N)n1. The van der Waals surface area contributed by atoms with Crippen molar-refractivity contribution < 1.29 is 4.79 Å². The number of aromatic nitrogens is 1. The Bertz CT molecular complexity index is 578. The second-order valence-corrected chi connectivity index (χ2v) is 5.53. The molecule has 1 heterocycles. The van der Waals surface area contributed by atoms with Gasteiger partial charge in [-0.05, 0) is 17.5 Å². The van der Waals surface area contributed by atoms with Crippen molar-refractivity contribution in [3.8, 4) is 0 Å². The zero-order chi connectivity index (χ0) is 13.8. The molecule has 4 nitrogen and oxygen atoms in total. The van der Waals surface area contributed by atoms with Gasteiger partial charge < -0.3 is 11.1 Å². The lowest BCUT2D eigenvalue weighted by Gasteiger charge is -2.13. The first-order chi connectivity index (χ1) is 9.06. The molecule has 1 aromatic carbocycles. The van der Waals surface area contributed by atoms with Crippen molar-refractivity contribution >= 4 is 28.1 Å². The van der Waals surface area contributed by atoms with Crippen LogP contribution in [-0.4, -0.2) is 10.9 Å². The molecule has 0 radical (unpaired) electrons. The third-order valence-electron chi connectivity index (χ3n) is 2.77. The number of nitrogens with two attached hydrogens (primary N) is 1. The van der Waals surface area contributed by atoms with Gasteiger partial charge in [0.15, 0.2) is 5.13 Å². The fraction of sp³-hybridized carbons (Fsp3) is 0.286. The van der Waals surface area contributed by atoms with Crippen LogP contribution in [0, 0.1) is 0 Å². The first-order valence-electron chi connectivity index (χ1n) is 6.15. The zero-order valence-corrected chi connectivity index (χ0v) is 11.8. The highest BCUT2D eigenvalue weighted by Crippen LogP contribution is 2.23. The number of anilines is 2. The summed E-state index contributed by atoms with van der Waals surface area (Å²) in [5, 5.41) is 5.23. The molecule has 0 aliphatic carbocycles. The number of para-hydroxylation sites is 1. The second kappa shape index (κ2) is 5.84. The minimum absolute atomic E-state index is 0.0709. The van der Waals surface area contributed by atoms with E-state index in [0.29, 0.717) is 16.7 Å². The van der Waals surface area contributed by atoms with E-state index in [1.807, 2.05) is 29.6 Å². The van der Waals surface area contributed by atoms with E-state index in [1.54, 1.807) is 0 Å². The van der Waals surface area contributed by atoms with Crippen molar-refractivity contribution in [2.75, 3.05) is 11.1 Å². The summed E-state index contributed by atoms with van der Waals surface area (Å²) in [6.45, 7) is 4.21. The summed E-state index contributed by atoms with van der Waals surface area (Å²) in [6.07, 6.45) is 0.250. The number of nitrogen functional groups attached to an aromatic ring is 1. The van der Waals surface area contributed by atoms with Crippen LogP contribution in [0.2, 0.25) is 0 Å². The van der Waals surface area contributed by atoms with Crippen LogP contribution in [0.3, 0.4) is 0 Å². The fourth-order valence-electron chi connectivity index (χ4n) is 1.88. The second-order valence-electron chi connectivity index (χ2n) is 4.64. The molecule has 100 valence electrons. The van der Waals surface area contributed by atoms with Crippen LogP contribution in [0.1, 0.15) is 31.0 Å². The minimum Gasteiger partial charge on any atom is -0.375 e. The predicted molar refractivity (Wildman–Crippen MR) is 79.4 cm³/mol. The van der Waals surface area contributed by atoms with E-state index < -0.39 is 0 Å². The lowest BCUT2D eigenvalue weighted by molar-refractivity contribution is -0.115. The number of rotatable bonds is 4. The molecule has 0 atom stereocenters. The topological polar surface area (TPSA) is 68.0 Å². The smallest absolute Gasteiger partial charge is 0.230 e. The van der Waals surface area contributed by atoms with E-state index in [0.717, 1.165) is 11.3 Å². The van der Waals surface area contributed by atoms with Gasteiger partial charge in [-0.1, -0.05) is 32.0 Å². The summed E-state index contributed by atoms with van der Waals surface area (Å²) in [4.78, 5) is 16.1. The molecule has 0 unspecified atom stereocenters. The maximum Gasteiger partial charge on any atom is 0.230 e. The Hall–Kier alpha value is -1.88. The van der Waals surface area contributed by atoms with Crippen LogP contribution in [0.5, 0.6) is 0 Å². The van der Waals surface area contributed by atoms with Gasteiger partial charge >= 0.3 is 0 Å². The number of carbonyl (C=O) groups is 1. The molecule has 0 aliphatic rings. The molecule has 19 heavy (non-hydrogen) atoms. The highest BCUT2D eigenvalue weighted by molar-refractivity contribution is 7.13. The summed E-state index contributed by atoms with van der Waals surface area (Å²) < 4.78 is 0. The van der Waals surface area contributed by atoms with Crippen LogP contribution < -0.4 is 11.1 Å². The first-order valence-corrected chi connectivity index (χ1v) is 7.03. The molecule has 2 aromatic rings. The molecule has 1 aromatic heterocycles. The Labute approximate surface area is 116 Å². The highest BCUT2D eigenvalue weighted by Gasteiger charge is 2.10. The lowest BCUT2D eigenvalue weighted by Crippen LogP contribution is -2.16. The van der Waals surface area contributed by atoms with Crippen molar-refractivity contribution in [1.82, 2.24) is 4.98 Å². The maximum absolute atomic E-state index is 12.0. The number of benzene rings is 1. The average molecular weight is 275 g/mol. The lowest BCUT2D eigenvalue weighted by atomic mass is 10.0. The van der Waals surface area contributed by atoms with Crippen molar-refractivity contribution in [2.45, 2.75) is 26.2 Å². The van der Waals surface area contributed by atoms with Gasteiger partial charge in [0.2, 0.25) is 5.91 Å². The van der Waals surface area contributed by atoms with Gasteiger partial charge in [-0.3, -0.25) is 4.79 Å². The minimum atomic E-state index is -0.0709. The molecule has 2 rings (SSSR count). The number of nitrogens with zero attached hydrogens (tertiary/aromatic N) is 1. The van der Waals surface area contributed by atoms with Crippen LogP contribution in [0.4, 0.5) is 10.8 Å². The predicted octanol–water partition coefficient (Wildman–Crippen LogP) is 3.03. The zero-order valence-electron chi connectivity index (χ0n) is 11.0. The Kier molecular flexibility index (Phi) is 4.16. The maximum atomic E-state index is 12.0. The van der Waals surface area contributed by atoms with Gasteiger partial charge in [0.05, 0.1) is 12.1 Å². The number of hydrogen-bond acceptors (Lipinski definition) is 4. The van der Waals surface area contributed by atoms with E-state index >= 15 is 0 Å². The largest absolute Gasteiger partial charge is 0.375 e. The summed E-state index contributed by atoms with van der Waals surface area (Å²) >= 11 is 1.35. The van der Waals surface area contributed by atoms with Crippen LogP contribution >= 0.6 is 11.3 Å². The van der Waals surface area contributed by atoms with Crippen LogP contribution in [0.15, 0.2) is 29.6 Å². The Morgan fingerprint density at radius 3 is 2.79 bits per heavy atom. The molecule has 0 spiro atoms. The quantitative estimate of drug-likeness (QED) is 0.901. The molecule has 1 amide bonds. The Balaban J connectivity index is 2.07. The standard InChI is InChI=1S/C14H17N3OS/c1-9(2)11-5-3-4-6-12(11)17-13(18)7-10-8-19-14(15)16-10/h3-6,8-9H,7H2,1-2H3,(H2,15,16)(H,17,18). The van der Waals surface area contributed by atoms with E-state index in [-0.39, 0.29) is 12.3 Å². The van der Waals surface area contributed by atoms with Crippen molar-refractivity contribution in [3.05, 3.63) is 40.9 Å². The van der Waals surface area contributed by atoms with E-state index in [1.165, 1.54) is 11.3 Å². The van der Waals surface area contributed by atoms with Crippen LogP contribution in [-0.2, 0) is 11.2 Å². The molecular formula is C14H17N3OS. The molecular weight excluding hydrogens is 258 g/mol. The molecule has 3 N–H and O–H groups in total. The Morgan fingerprint density at radius 1 is 1.42 bits per heavy atom. The number of carbonyl (C=O) groups excluding carboxylic acids is 1. The van der Waals surface area contributed by atoms with Crippen molar-refractivity contribution in [2.24, 2.45) is 0 Å². The molecule has 5 heteroatoms. The van der Waals surface area contributed by atoms with Gasteiger partial charge in [-0.15, -0.1) is 11.3 Å². The molecule has 0 bridgehead atoms. The third-order valence-corrected chi connectivity index (χ3v) is 3.49. The number of amides is 1. The van der Waals surface area contributed by atoms with Crippen molar-refractivity contribution in [3.63, 3.8) is 0 Å². The first kappa shape index (κ1) is 13.5. The Morgan fingerprint density at radius 2 is 2.16 bits per heavy atom. The van der Waals surface area contributed by atoms with Gasteiger partial charge in [-0.25, -0.2) is 4.98 Å². The number of nitrogens with one attached hydrogen (secondary N) is 1. The summed E-state index contributed by atoms with van der Waals surface area (Å²) in [5.41, 5.74) is 8.26. The molecule has 0 aliphatic heterocycles. The highest BCUT2D eigenvalue weighted by atomic mass is 32.1. The summed E-state index contributed by atoms with van der Waals surface area (Å²) in [7, 11) is 0. The fourth-order valence-corrected chi connectivity index (χ4v) is 2.44. The van der Waals surface area contributed by atoms with E-state index in [2.05, 4.69) is 24.1 Å². The van der Waals surface area contributed by atoms with Crippen LogP contribution in [0.25, 0.3) is 0 Å². The summed E-state index contributed by atoms with van der Waals surface area (Å²) in [5.74, 6) is 0.296. The normalized spacial score (nSPS) is 10.7.